The number of benzene rings is 2. The van der Waals surface area contributed by atoms with Crippen LogP contribution < -0.4 is 4.72 Å². The molecule has 0 bridgehead atoms. The average molecular weight is 370 g/mol. The van der Waals surface area contributed by atoms with E-state index in [1.165, 1.54) is 17.5 Å². The van der Waals surface area contributed by atoms with Gasteiger partial charge in [-0.3, -0.25) is 4.79 Å². The van der Waals surface area contributed by atoms with E-state index in [-0.39, 0.29) is 5.24 Å². The van der Waals surface area contributed by atoms with Crippen molar-refractivity contribution in [3.63, 3.8) is 0 Å². The number of para-hydroxylation sites is 1. The maximum absolute atomic E-state index is 12.4. The van der Waals surface area contributed by atoms with Crippen molar-refractivity contribution in [1.82, 2.24) is 9.80 Å². The number of carbonyl (C=O) groups is 1. The standard InChI is InChI=1S/C21H27N3OS/c1-23(15-12-18-8-4-2-5-9-18)20-13-16-24(17-14-20)21(25)26-22-19-10-6-3-7-11-19/h2-11,20,22H,12-17H2,1H3. The molecule has 1 saturated heterocycles. The monoisotopic (exact) mass is 369 g/mol. The zero-order chi connectivity index (χ0) is 18.2. The fraction of sp³-hybridized carbons (Fsp3) is 0.381. The van der Waals surface area contributed by atoms with E-state index in [2.05, 4.69) is 47.0 Å². The van der Waals surface area contributed by atoms with E-state index in [4.69, 9.17) is 0 Å². The topological polar surface area (TPSA) is 35.6 Å². The third kappa shape index (κ3) is 5.51. The Kier molecular flexibility index (Phi) is 6.97. The predicted octanol–water partition coefficient (Wildman–Crippen LogP) is 4.51. The van der Waals surface area contributed by atoms with Crippen molar-refractivity contribution in [3.05, 3.63) is 66.2 Å². The molecule has 5 heteroatoms. The molecule has 1 heterocycles. The zero-order valence-electron chi connectivity index (χ0n) is 15.3. The molecule has 1 fully saturated rings. The molecule has 26 heavy (non-hydrogen) atoms. The Bertz CT molecular complexity index is 672. The van der Waals surface area contributed by atoms with Crippen molar-refractivity contribution in [2.24, 2.45) is 0 Å². The average Bonchev–Trinajstić information content (AvgIpc) is 2.72. The summed E-state index contributed by atoms with van der Waals surface area (Å²) in [6, 6.07) is 21.0. The van der Waals surface area contributed by atoms with Gasteiger partial charge in [-0.05, 0) is 44.0 Å². The highest BCUT2D eigenvalue weighted by molar-refractivity contribution is 8.14. The summed E-state index contributed by atoms with van der Waals surface area (Å²) in [5, 5.41) is 0.110. The minimum Gasteiger partial charge on any atom is -0.332 e. The van der Waals surface area contributed by atoms with Gasteiger partial charge >= 0.3 is 5.24 Å². The van der Waals surface area contributed by atoms with Crippen LogP contribution in [-0.2, 0) is 6.42 Å². The van der Waals surface area contributed by atoms with Crippen LogP contribution in [0.2, 0.25) is 0 Å². The van der Waals surface area contributed by atoms with Crippen LogP contribution >= 0.6 is 11.9 Å². The summed E-state index contributed by atoms with van der Waals surface area (Å²) in [4.78, 5) is 16.8. The fourth-order valence-corrected chi connectivity index (χ4v) is 3.95. The van der Waals surface area contributed by atoms with Gasteiger partial charge in [0.05, 0.1) is 0 Å². The van der Waals surface area contributed by atoms with Crippen LogP contribution in [0, 0.1) is 0 Å². The minimum absolute atomic E-state index is 0.110. The summed E-state index contributed by atoms with van der Waals surface area (Å²) in [5.41, 5.74) is 2.34. The lowest BCUT2D eigenvalue weighted by atomic mass is 10.0. The molecule has 1 N–H and O–H groups in total. The van der Waals surface area contributed by atoms with Gasteiger partial charge in [-0.2, -0.15) is 0 Å². The number of nitrogens with one attached hydrogen (secondary N) is 1. The Labute approximate surface area is 160 Å². The summed E-state index contributed by atoms with van der Waals surface area (Å²) in [6.45, 7) is 2.73. The Morgan fingerprint density at radius 1 is 1.08 bits per heavy atom. The van der Waals surface area contributed by atoms with Crippen molar-refractivity contribution in [3.8, 4) is 0 Å². The smallest absolute Gasteiger partial charge is 0.302 e. The SMILES string of the molecule is CN(CCc1ccccc1)C1CCN(C(=O)SNc2ccccc2)CC1. The minimum atomic E-state index is 0.110. The largest absolute Gasteiger partial charge is 0.332 e. The molecule has 2 aromatic rings. The lowest BCUT2D eigenvalue weighted by Gasteiger charge is -2.36. The quantitative estimate of drug-likeness (QED) is 0.760. The number of likely N-dealkylation sites (tertiary alicyclic amines) is 1. The van der Waals surface area contributed by atoms with Gasteiger partial charge in [-0.15, -0.1) is 0 Å². The van der Waals surface area contributed by atoms with Gasteiger partial charge in [-0.1, -0.05) is 48.5 Å². The molecule has 138 valence electrons. The summed E-state index contributed by atoms with van der Waals surface area (Å²) in [6.07, 6.45) is 3.17. The van der Waals surface area contributed by atoms with Gasteiger partial charge in [0, 0.05) is 43.3 Å². The van der Waals surface area contributed by atoms with E-state index in [1.807, 2.05) is 35.2 Å². The van der Waals surface area contributed by atoms with Crippen LogP contribution in [0.4, 0.5) is 10.5 Å². The number of anilines is 1. The molecule has 3 rings (SSSR count). The first-order valence-electron chi connectivity index (χ1n) is 9.23. The van der Waals surface area contributed by atoms with Crippen molar-refractivity contribution >= 4 is 22.9 Å². The van der Waals surface area contributed by atoms with Gasteiger partial charge in [0.2, 0.25) is 0 Å². The Morgan fingerprint density at radius 2 is 1.69 bits per heavy atom. The van der Waals surface area contributed by atoms with Gasteiger partial charge in [-0.25, -0.2) is 0 Å². The highest BCUT2D eigenvalue weighted by atomic mass is 32.2. The molecule has 0 unspecified atom stereocenters. The van der Waals surface area contributed by atoms with Gasteiger partial charge in [0.15, 0.2) is 0 Å². The summed E-state index contributed by atoms with van der Waals surface area (Å²) in [5.74, 6) is 0. The van der Waals surface area contributed by atoms with Crippen LogP contribution in [0.1, 0.15) is 18.4 Å². The maximum Gasteiger partial charge on any atom is 0.302 e. The second-order valence-corrected chi connectivity index (χ2v) is 7.53. The summed E-state index contributed by atoms with van der Waals surface area (Å²) < 4.78 is 3.13. The highest BCUT2D eigenvalue weighted by Crippen LogP contribution is 2.21. The molecule has 0 radical (unpaired) electrons. The van der Waals surface area contributed by atoms with E-state index < -0.39 is 0 Å². The molecule has 0 aliphatic carbocycles. The number of hydrogen-bond donors (Lipinski definition) is 1. The number of likely N-dealkylation sites (N-methyl/N-ethyl adjacent to an activating group) is 1. The Morgan fingerprint density at radius 3 is 2.35 bits per heavy atom. The van der Waals surface area contributed by atoms with Crippen LogP contribution in [0.3, 0.4) is 0 Å². The first-order valence-corrected chi connectivity index (χ1v) is 10.0. The molecule has 1 aliphatic rings. The highest BCUT2D eigenvalue weighted by Gasteiger charge is 2.25. The molecule has 4 nitrogen and oxygen atoms in total. The third-order valence-corrected chi connectivity index (χ3v) is 5.74. The first-order chi connectivity index (χ1) is 12.7. The second-order valence-electron chi connectivity index (χ2n) is 6.77. The molecule has 1 amide bonds. The predicted molar refractivity (Wildman–Crippen MR) is 110 cm³/mol. The lowest BCUT2D eigenvalue weighted by Crippen LogP contribution is -2.45. The Balaban J connectivity index is 1.38. The number of rotatable bonds is 6. The maximum atomic E-state index is 12.4. The van der Waals surface area contributed by atoms with E-state index in [1.54, 1.807) is 0 Å². The normalized spacial score (nSPS) is 15.2. The van der Waals surface area contributed by atoms with E-state index in [0.717, 1.165) is 44.6 Å². The van der Waals surface area contributed by atoms with E-state index in [0.29, 0.717) is 6.04 Å². The summed E-state index contributed by atoms with van der Waals surface area (Å²) in [7, 11) is 2.21. The molecular formula is C21H27N3OS. The molecular weight excluding hydrogens is 342 g/mol. The number of piperidine rings is 1. The van der Waals surface area contributed by atoms with Crippen LogP contribution in [0.5, 0.6) is 0 Å². The second kappa shape index (κ2) is 9.64. The van der Waals surface area contributed by atoms with Crippen molar-refractivity contribution < 1.29 is 4.79 Å². The van der Waals surface area contributed by atoms with E-state index in [9.17, 15) is 4.79 Å². The third-order valence-electron chi connectivity index (χ3n) is 4.97. The number of hydrogen-bond acceptors (Lipinski definition) is 4. The zero-order valence-corrected chi connectivity index (χ0v) is 16.1. The van der Waals surface area contributed by atoms with Crippen LogP contribution in [-0.4, -0.2) is 47.8 Å². The Hall–Kier alpha value is -1.98. The molecule has 2 aromatic carbocycles. The number of nitrogens with zero attached hydrogens (tertiary/aromatic N) is 2. The van der Waals surface area contributed by atoms with Crippen LogP contribution in [0.25, 0.3) is 0 Å². The summed E-state index contributed by atoms with van der Waals surface area (Å²) >= 11 is 1.18. The van der Waals surface area contributed by atoms with Crippen molar-refractivity contribution in [1.29, 1.82) is 0 Å². The van der Waals surface area contributed by atoms with Crippen LogP contribution in [0.15, 0.2) is 60.7 Å². The molecule has 0 atom stereocenters. The molecule has 1 aliphatic heterocycles. The van der Waals surface area contributed by atoms with E-state index >= 15 is 0 Å². The number of carbonyl (C=O) groups excluding carboxylic acids is 1. The van der Waals surface area contributed by atoms with Gasteiger partial charge < -0.3 is 14.5 Å². The lowest BCUT2D eigenvalue weighted by molar-refractivity contribution is 0.147. The fourth-order valence-electron chi connectivity index (χ4n) is 3.30. The molecule has 0 aromatic heterocycles. The molecule has 0 saturated carbocycles. The first kappa shape index (κ1) is 18.8. The molecule has 0 spiro atoms. The van der Waals surface area contributed by atoms with Crippen molar-refractivity contribution in [2.75, 3.05) is 31.4 Å². The van der Waals surface area contributed by atoms with Crippen molar-refractivity contribution in [2.45, 2.75) is 25.3 Å². The number of amides is 1. The van der Waals surface area contributed by atoms with Gasteiger partial charge in [0.25, 0.3) is 0 Å². The van der Waals surface area contributed by atoms with Gasteiger partial charge in [0.1, 0.15) is 0 Å².